The summed E-state index contributed by atoms with van der Waals surface area (Å²) < 4.78 is 6.35. The number of nitrogens with zero attached hydrogens (tertiary/aromatic N) is 4. The number of carbonyl (C=O) groups is 3. The van der Waals surface area contributed by atoms with Crippen LogP contribution in [0.25, 0.3) is 5.78 Å². The molecule has 0 aliphatic rings. The van der Waals surface area contributed by atoms with Crippen molar-refractivity contribution in [3.05, 3.63) is 53.1 Å². The third kappa shape index (κ3) is 4.96. The van der Waals surface area contributed by atoms with Crippen LogP contribution in [-0.2, 0) is 20.7 Å². The third-order valence-electron chi connectivity index (χ3n) is 4.25. The Bertz CT molecular complexity index is 1110. The fourth-order valence-electron chi connectivity index (χ4n) is 2.82. The van der Waals surface area contributed by atoms with Crippen molar-refractivity contribution in [2.45, 2.75) is 27.2 Å². The molecule has 1 aromatic carbocycles. The van der Waals surface area contributed by atoms with Crippen molar-refractivity contribution >= 4 is 29.2 Å². The van der Waals surface area contributed by atoms with Crippen LogP contribution in [-0.4, -0.2) is 50.5 Å². The molecular weight excluding hydrogens is 388 g/mol. The number of aryl methyl sites for hydroxylation is 3. The Morgan fingerprint density at radius 2 is 1.87 bits per heavy atom. The van der Waals surface area contributed by atoms with Crippen LogP contribution in [0.5, 0.6) is 0 Å². The number of carbonyl (C=O) groups excluding carboxylic acids is 3. The number of esters is 1. The van der Waals surface area contributed by atoms with Crippen LogP contribution in [0.3, 0.4) is 0 Å². The first kappa shape index (κ1) is 20.9. The maximum atomic E-state index is 12.1. The van der Waals surface area contributed by atoms with Crippen LogP contribution in [0.4, 0.5) is 5.69 Å². The zero-order valence-electron chi connectivity index (χ0n) is 16.9. The molecule has 3 rings (SSSR count). The Hall–Kier alpha value is -3.82. The summed E-state index contributed by atoms with van der Waals surface area (Å²) >= 11 is 0. The molecule has 10 nitrogen and oxygen atoms in total. The van der Waals surface area contributed by atoms with Gasteiger partial charge in [-0.2, -0.15) is 4.98 Å². The van der Waals surface area contributed by atoms with Crippen LogP contribution in [0.1, 0.15) is 34.5 Å². The summed E-state index contributed by atoms with van der Waals surface area (Å²) in [6, 6.07) is 9.22. The molecule has 0 fully saturated rings. The zero-order valence-corrected chi connectivity index (χ0v) is 16.9. The number of anilines is 1. The average Bonchev–Trinajstić information content (AvgIpc) is 3.15. The number of benzene rings is 1. The Balaban J connectivity index is 1.49. The van der Waals surface area contributed by atoms with Gasteiger partial charge in [-0.3, -0.25) is 9.59 Å². The van der Waals surface area contributed by atoms with Crippen molar-refractivity contribution in [2.24, 2.45) is 0 Å². The van der Waals surface area contributed by atoms with Crippen molar-refractivity contribution in [1.29, 1.82) is 0 Å². The van der Waals surface area contributed by atoms with Gasteiger partial charge in [0.1, 0.15) is 0 Å². The maximum Gasteiger partial charge on any atom is 0.378 e. The molecule has 0 spiro atoms. The van der Waals surface area contributed by atoms with E-state index in [9.17, 15) is 14.4 Å². The monoisotopic (exact) mass is 410 g/mol. The van der Waals surface area contributed by atoms with E-state index in [0.717, 1.165) is 23.4 Å². The van der Waals surface area contributed by atoms with Gasteiger partial charge in [0.2, 0.25) is 5.91 Å². The van der Waals surface area contributed by atoms with Gasteiger partial charge in [-0.05, 0) is 38.0 Å². The number of amides is 2. The summed E-state index contributed by atoms with van der Waals surface area (Å²) in [5.74, 6) is -1.77. The van der Waals surface area contributed by atoms with Crippen molar-refractivity contribution in [1.82, 2.24) is 24.9 Å². The first-order chi connectivity index (χ1) is 14.4. The molecule has 0 radical (unpaired) electrons. The Morgan fingerprint density at radius 1 is 1.10 bits per heavy atom. The summed E-state index contributed by atoms with van der Waals surface area (Å²) in [5, 5.41) is 9.19. The lowest BCUT2D eigenvalue weighted by atomic mass is 10.1. The number of hydrogen-bond donors (Lipinski definition) is 2. The highest BCUT2D eigenvalue weighted by Gasteiger charge is 2.18. The van der Waals surface area contributed by atoms with Gasteiger partial charge < -0.3 is 15.4 Å². The van der Waals surface area contributed by atoms with Crippen molar-refractivity contribution in [3.63, 3.8) is 0 Å². The fourth-order valence-corrected chi connectivity index (χ4v) is 2.82. The van der Waals surface area contributed by atoms with Gasteiger partial charge in [0, 0.05) is 17.1 Å². The van der Waals surface area contributed by atoms with Crippen LogP contribution in [0, 0.1) is 13.8 Å². The number of para-hydroxylation sites is 1. The summed E-state index contributed by atoms with van der Waals surface area (Å²) in [6.45, 7) is 4.80. The van der Waals surface area contributed by atoms with Gasteiger partial charge in [-0.15, -0.1) is 5.10 Å². The maximum absolute atomic E-state index is 12.1. The molecule has 0 aliphatic carbocycles. The first-order valence-electron chi connectivity index (χ1n) is 9.40. The molecule has 2 amide bonds. The third-order valence-corrected chi connectivity index (χ3v) is 4.25. The minimum absolute atomic E-state index is 0.196. The molecule has 156 valence electrons. The highest BCUT2D eigenvalue weighted by molar-refractivity contribution is 5.95. The zero-order chi connectivity index (χ0) is 21.7. The predicted molar refractivity (Wildman–Crippen MR) is 108 cm³/mol. The molecule has 10 heteroatoms. The molecule has 0 aliphatic heterocycles. The second-order valence-corrected chi connectivity index (χ2v) is 6.60. The summed E-state index contributed by atoms with van der Waals surface area (Å²) in [7, 11) is 0. The topological polar surface area (TPSA) is 128 Å². The number of aromatic nitrogens is 4. The summed E-state index contributed by atoms with van der Waals surface area (Å²) in [5.41, 5.74) is 3.19. The van der Waals surface area contributed by atoms with Gasteiger partial charge in [0.15, 0.2) is 6.61 Å². The van der Waals surface area contributed by atoms with E-state index in [-0.39, 0.29) is 24.1 Å². The molecular formula is C20H22N6O4. The van der Waals surface area contributed by atoms with Gasteiger partial charge in [-0.25, -0.2) is 14.3 Å². The second kappa shape index (κ2) is 9.12. The summed E-state index contributed by atoms with van der Waals surface area (Å²) in [4.78, 5) is 44.3. The van der Waals surface area contributed by atoms with E-state index in [4.69, 9.17) is 4.74 Å². The SMILES string of the molecule is CCc1ccccc1NC(=O)CNC(=O)COC(=O)c1nc2nc(C)cc(C)n2n1. The van der Waals surface area contributed by atoms with Crippen LogP contribution >= 0.6 is 0 Å². The van der Waals surface area contributed by atoms with Crippen LogP contribution < -0.4 is 10.6 Å². The average molecular weight is 410 g/mol. The molecule has 3 aromatic rings. The molecule has 0 saturated carbocycles. The van der Waals surface area contributed by atoms with Gasteiger partial charge >= 0.3 is 5.97 Å². The lowest BCUT2D eigenvalue weighted by molar-refractivity contribution is -0.126. The lowest BCUT2D eigenvalue weighted by Crippen LogP contribution is -2.35. The molecule has 30 heavy (non-hydrogen) atoms. The first-order valence-corrected chi connectivity index (χ1v) is 9.40. The highest BCUT2D eigenvalue weighted by atomic mass is 16.5. The van der Waals surface area contributed by atoms with Crippen LogP contribution in [0.15, 0.2) is 30.3 Å². The Morgan fingerprint density at radius 3 is 2.63 bits per heavy atom. The van der Waals surface area contributed by atoms with Gasteiger partial charge in [0.05, 0.1) is 6.54 Å². The van der Waals surface area contributed by atoms with Crippen molar-refractivity contribution in [2.75, 3.05) is 18.5 Å². The molecule has 2 N–H and O–H groups in total. The minimum atomic E-state index is -0.853. The summed E-state index contributed by atoms with van der Waals surface area (Å²) in [6.07, 6.45) is 0.768. The second-order valence-electron chi connectivity index (χ2n) is 6.60. The Labute approximate surface area is 172 Å². The molecule has 0 atom stereocenters. The lowest BCUT2D eigenvalue weighted by Gasteiger charge is -2.10. The van der Waals surface area contributed by atoms with Crippen molar-refractivity contribution in [3.8, 4) is 0 Å². The van der Waals surface area contributed by atoms with E-state index in [1.807, 2.05) is 32.0 Å². The van der Waals surface area contributed by atoms with E-state index in [0.29, 0.717) is 5.69 Å². The normalized spacial score (nSPS) is 10.6. The quantitative estimate of drug-likeness (QED) is 0.561. The molecule has 2 heterocycles. The van der Waals surface area contributed by atoms with E-state index >= 15 is 0 Å². The molecule has 0 bridgehead atoms. The fraction of sp³-hybridized carbons (Fsp3) is 0.300. The van der Waals surface area contributed by atoms with Crippen LogP contribution in [0.2, 0.25) is 0 Å². The molecule has 2 aromatic heterocycles. The van der Waals surface area contributed by atoms with E-state index in [1.165, 1.54) is 4.52 Å². The highest BCUT2D eigenvalue weighted by Crippen LogP contribution is 2.15. The number of rotatable bonds is 7. The van der Waals surface area contributed by atoms with E-state index < -0.39 is 18.5 Å². The minimum Gasteiger partial charge on any atom is -0.450 e. The van der Waals surface area contributed by atoms with Crippen molar-refractivity contribution < 1.29 is 19.1 Å². The smallest absolute Gasteiger partial charge is 0.378 e. The number of ether oxygens (including phenoxy) is 1. The predicted octanol–water partition coefficient (Wildman–Crippen LogP) is 1.22. The largest absolute Gasteiger partial charge is 0.450 e. The molecule has 0 unspecified atom stereocenters. The number of nitrogens with one attached hydrogen (secondary N) is 2. The number of hydrogen-bond acceptors (Lipinski definition) is 7. The standard InChI is InChI=1S/C20H22N6O4/c1-4-14-7-5-6-8-15(14)23-16(27)10-21-17(28)11-30-19(29)18-24-20-22-12(2)9-13(3)26(20)25-18/h5-9H,4,10-11H2,1-3H3,(H,21,28)(H,23,27). The Kier molecular flexibility index (Phi) is 6.35. The van der Waals surface area contributed by atoms with Gasteiger partial charge in [-0.1, -0.05) is 25.1 Å². The van der Waals surface area contributed by atoms with Gasteiger partial charge in [0.25, 0.3) is 17.5 Å². The molecule has 0 saturated heterocycles. The number of fused-ring (bicyclic) bond motifs is 1. The van der Waals surface area contributed by atoms with E-state index in [2.05, 4.69) is 25.7 Å². The van der Waals surface area contributed by atoms with E-state index in [1.54, 1.807) is 19.1 Å².